The molecule has 0 aromatic heterocycles. The molecule has 1 aliphatic rings. The van der Waals surface area contributed by atoms with Gasteiger partial charge in [-0.15, -0.1) is 11.8 Å². The van der Waals surface area contributed by atoms with Crippen LogP contribution < -0.4 is 0 Å². The quantitative estimate of drug-likeness (QED) is 0.594. The van der Waals surface area contributed by atoms with Crippen LogP contribution in [0.15, 0.2) is 0 Å². The molecule has 0 saturated carbocycles. The van der Waals surface area contributed by atoms with E-state index in [1.807, 2.05) is 11.8 Å². The first-order chi connectivity index (χ1) is 5.71. The summed E-state index contributed by atoms with van der Waals surface area (Å²) in [7, 11) is 0. The Kier molecular flexibility index (Phi) is 2.77. The summed E-state index contributed by atoms with van der Waals surface area (Å²) in [4.78, 5) is 0. The van der Waals surface area contributed by atoms with Gasteiger partial charge in [0.15, 0.2) is 0 Å². The van der Waals surface area contributed by atoms with E-state index in [-0.39, 0.29) is 16.4 Å². The fourth-order valence-corrected chi connectivity index (χ4v) is 3.97. The van der Waals surface area contributed by atoms with E-state index in [1.165, 1.54) is 0 Å². The number of thioether (sulfide) groups is 1. The molecule has 1 nitrogen and oxygen atoms in total. The summed E-state index contributed by atoms with van der Waals surface area (Å²) in [5.74, 6) is 1.98. The summed E-state index contributed by atoms with van der Waals surface area (Å²) in [6, 6.07) is 0. The maximum Gasteiger partial charge on any atom is 0.0930 e. The third-order valence-corrected chi connectivity index (χ3v) is 4.01. The van der Waals surface area contributed by atoms with Crippen molar-refractivity contribution in [3.63, 3.8) is 0 Å². The van der Waals surface area contributed by atoms with Crippen molar-refractivity contribution in [3.05, 3.63) is 0 Å². The van der Waals surface area contributed by atoms with Gasteiger partial charge in [0.25, 0.3) is 0 Å². The zero-order valence-electron chi connectivity index (χ0n) is 9.73. The van der Waals surface area contributed by atoms with Crippen LogP contribution in [-0.4, -0.2) is 17.3 Å². The molecule has 0 radical (unpaired) electrons. The second kappa shape index (κ2) is 3.16. The summed E-state index contributed by atoms with van der Waals surface area (Å²) in [6.07, 6.45) is 0. The topological polar surface area (TPSA) is 9.23 Å². The number of rotatable bonds is 0. The Morgan fingerprint density at radius 3 is 1.62 bits per heavy atom. The molecule has 0 aliphatic carbocycles. The Labute approximate surface area is 86.6 Å². The van der Waals surface area contributed by atoms with Crippen LogP contribution in [0.4, 0.5) is 0 Å². The minimum atomic E-state index is 0.0324. The van der Waals surface area contributed by atoms with Gasteiger partial charge in [-0.2, -0.15) is 0 Å². The van der Waals surface area contributed by atoms with Crippen molar-refractivity contribution in [2.24, 2.45) is 10.8 Å². The lowest BCUT2D eigenvalue weighted by molar-refractivity contribution is -0.140. The van der Waals surface area contributed by atoms with Crippen molar-refractivity contribution in [3.8, 4) is 0 Å². The van der Waals surface area contributed by atoms with Crippen molar-refractivity contribution in [2.75, 3.05) is 11.7 Å². The van der Waals surface area contributed by atoms with E-state index in [4.69, 9.17) is 4.74 Å². The molecule has 1 saturated heterocycles. The monoisotopic (exact) mass is 202 g/mol. The van der Waals surface area contributed by atoms with E-state index >= 15 is 0 Å². The Bertz CT molecular complexity index is 163. The molecule has 0 aromatic rings. The number of hydrogen-bond acceptors (Lipinski definition) is 2. The predicted octanol–water partition coefficient (Wildman–Crippen LogP) is 3.54. The maximum absolute atomic E-state index is 6.03. The molecule has 1 fully saturated rings. The van der Waals surface area contributed by atoms with Crippen LogP contribution in [0.5, 0.6) is 0 Å². The van der Waals surface area contributed by atoms with E-state index < -0.39 is 0 Å². The van der Waals surface area contributed by atoms with Crippen LogP contribution >= 0.6 is 11.8 Å². The largest absolute Gasteiger partial charge is 0.362 e. The first-order valence-corrected chi connectivity index (χ1v) is 6.08. The highest BCUT2D eigenvalue weighted by molar-refractivity contribution is 7.99. The van der Waals surface area contributed by atoms with Crippen molar-refractivity contribution < 1.29 is 4.74 Å². The maximum atomic E-state index is 6.03. The lowest BCUT2D eigenvalue weighted by Crippen LogP contribution is -2.54. The predicted molar refractivity (Wildman–Crippen MR) is 60.1 cm³/mol. The SMILES string of the molecule is CC(C)(C)C1(C(C)(C)C)CSCO1. The van der Waals surface area contributed by atoms with Crippen LogP contribution in [0, 0.1) is 10.8 Å². The van der Waals surface area contributed by atoms with E-state index in [1.54, 1.807) is 0 Å². The van der Waals surface area contributed by atoms with Crippen LogP contribution in [0.1, 0.15) is 41.5 Å². The van der Waals surface area contributed by atoms with Crippen LogP contribution in [0.3, 0.4) is 0 Å². The zero-order chi connectivity index (χ0) is 10.3. The summed E-state index contributed by atoms with van der Waals surface area (Å²) >= 11 is 1.91. The standard InChI is InChI=1S/C11H22OS/c1-9(2,3)11(10(4,5)6)7-13-8-12-11/h7-8H2,1-6H3. The fourth-order valence-electron chi connectivity index (χ4n) is 2.36. The van der Waals surface area contributed by atoms with E-state index in [2.05, 4.69) is 41.5 Å². The average molecular weight is 202 g/mol. The fraction of sp³-hybridized carbons (Fsp3) is 1.00. The number of hydrogen-bond donors (Lipinski definition) is 0. The summed E-state index contributed by atoms with van der Waals surface area (Å²) < 4.78 is 6.03. The van der Waals surface area contributed by atoms with Crippen LogP contribution in [0.2, 0.25) is 0 Å². The summed E-state index contributed by atoms with van der Waals surface area (Å²) in [5.41, 5.74) is 0.466. The molecule has 2 heteroatoms. The molecule has 1 aliphatic heterocycles. The number of ether oxygens (including phenoxy) is 1. The molecule has 78 valence electrons. The Hall–Kier alpha value is 0.310. The van der Waals surface area contributed by atoms with E-state index in [9.17, 15) is 0 Å². The van der Waals surface area contributed by atoms with Crippen LogP contribution in [-0.2, 0) is 4.74 Å². The molecule has 0 unspecified atom stereocenters. The highest BCUT2D eigenvalue weighted by Crippen LogP contribution is 2.51. The highest BCUT2D eigenvalue weighted by Gasteiger charge is 2.53. The molecular formula is C11H22OS. The molecule has 0 N–H and O–H groups in total. The molecule has 0 atom stereocenters. The molecule has 0 spiro atoms. The Balaban J connectivity index is 3.02. The van der Waals surface area contributed by atoms with Gasteiger partial charge < -0.3 is 4.74 Å². The molecule has 1 heterocycles. The van der Waals surface area contributed by atoms with Crippen molar-refractivity contribution >= 4 is 11.8 Å². The van der Waals surface area contributed by atoms with Gasteiger partial charge in [-0.3, -0.25) is 0 Å². The smallest absolute Gasteiger partial charge is 0.0930 e. The van der Waals surface area contributed by atoms with Gasteiger partial charge in [0.1, 0.15) is 0 Å². The van der Waals surface area contributed by atoms with E-state index in [0.29, 0.717) is 0 Å². The van der Waals surface area contributed by atoms with E-state index in [0.717, 1.165) is 11.7 Å². The van der Waals surface area contributed by atoms with Gasteiger partial charge >= 0.3 is 0 Å². The first kappa shape index (κ1) is 11.4. The minimum Gasteiger partial charge on any atom is -0.362 e. The molecule has 0 amide bonds. The second-order valence-corrected chi connectivity index (χ2v) is 6.87. The van der Waals surface area contributed by atoms with Gasteiger partial charge in [-0.25, -0.2) is 0 Å². The summed E-state index contributed by atoms with van der Waals surface area (Å²) in [5, 5.41) is 0. The highest BCUT2D eigenvalue weighted by atomic mass is 32.2. The lowest BCUT2D eigenvalue weighted by Gasteiger charge is -2.49. The summed E-state index contributed by atoms with van der Waals surface area (Å²) in [6.45, 7) is 13.7. The lowest BCUT2D eigenvalue weighted by atomic mass is 9.63. The molecule has 0 aromatic carbocycles. The third kappa shape index (κ3) is 1.75. The molecule has 1 rings (SSSR count). The minimum absolute atomic E-state index is 0.0324. The zero-order valence-corrected chi connectivity index (χ0v) is 10.5. The molecule has 13 heavy (non-hydrogen) atoms. The molecule has 0 bridgehead atoms. The average Bonchev–Trinajstić information content (AvgIpc) is 2.28. The van der Waals surface area contributed by atoms with Gasteiger partial charge in [0.2, 0.25) is 0 Å². The second-order valence-electron chi connectivity index (χ2n) is 5.94. The van der Waals surface area contributed by atoms with Gasteiger partial charge in [-0.05, 0) is 10.8 Å². The third-order valence-electron chi connectivity index (χ3n) is 3.12. The van der Waals surface area contributed by atoms with Gasteiger partial charge in [0, 0.05) is 5.75 Å². The van der Waals surface area contributed by atoms with Gasteiger partial charge in [-0.1, -0.05) is 41.5 Å². The first-order valence-electron chi connectivity index (χ1n) is 4.92. The van der Waals surface area contributed by atoms with Crippen LogP contribution in [0.25, 0.3) is 0 Å². The Morgan fingerprint density at radius 1 is 1.00 bits per heavy atom. The normalized spacial score (nSPS) is 23.5. The molecular weight excluding hydrogens is 180 g/mol. The van der Waals surface area contributed by atoms with Gasteiger partial charge in [0.05, 0.1) is 11.5 Å². The van der Waals surface area contributed by atoms with Crippen molar-refractivity contribution in [1.82, 2.24) is 0 Å². The Morgan fingerprint density at radius 2 is 1.46 bits per heavy atom. The van der Waals surface area contributed by atoms with Crippen molar-refractivity contribution in [2.45, 2.75) is 47.1 Å². The van der Waals surface area contributed by atoms with Crippen molar-refractivity contribution in [1.29, 1.82) is 0 Å².